The summed E-state index contributed by atoms with van der Waals surface area (Å²) in [4.78, 5) is 0. The molecule has 1 rings (SSSR count). The van der Waals surface area contributed by atoms with Gasteiger partial charge in [0, 0.05) is 11.6 Å². The number of benzene rings is 1. The minimum atomic E-state index is -2.12. The SMILES string of the molecule is CCCNC(c1c(F)c(F)c(F)c(F)c1F)C(C)CC. The van der Waals surface area contributed by atoms with Crippen LogP contribution in [0.2, 0.25) is 0 Å². The molecule has 0 saturated carbocycles. The molecule has 0 saturated heterocycles. The Morgan fingerprint density at radius 1 is 0.850 bits per heavy atom. The number of halogens is 5. The van der Waals surface area contributed by atoms with Crippen molar-refractivity contribution >= 4 is 0 Å². The quantitative estimate of drug-likeness (QED) is 0.464. The Hall–Kier alpha value is -1.17. The fraction of sp³-hybridized carbons (Fsp3) is 0.571. The van der Waals surface area contributed by atoms with Crippen molar-refractivity contribution in [2.75, 3.05) is 6.54 Å². The average Bonchev–Trinajstić information content (AvgIpc) is 2.45. The topological polar surface area (TPSA) is 12.0 Å². The maximum Gasteiger partial charge on any atom is 0.200 e. The molecule has 0 aliphatic carbocycles. The summed E-state index contributed by atoms with van der Waals surface area (Å²) < 4.78 is 67.2. The molecule has 0 heterocycles. The van der Waals surface area contributed by atoms with E-state index in [0.29, 0.717) is 19.4 Å². The van der Waals surface area contributed by atoms with Gasteiger partial charge in [-0.2, -0.15) is 0 Å². The third kappa shape index (κ3) is 3.11. The van der Waals surface area contributed by atoms with Crippen LogP contribution in [0.15, 0.2) is 0 Å². The van der Waals surface area contributed by atoms with E-state index in [0.717, 1.165) is 0 Å². The molecule has 0 spiro atoms. The van der Waals surface area contributed by atoms with Gasteiger partial charge in [-0.1, -0.05) is 27.2 Å². The number of hydrogen-bond donors (Lipinski definition) is 1. The van der Waals surface area contributed by atoms with E-state index in [9.17, 15) is 22.0 Å². The van der Waals surface area contributed by atoms with Crippen LogP contribution in [0.5, 0.6) is 0 Å². The highest BCUT2D eigenvalue weighted by Gasteiger charge is 2.32. The molecular formula is C14H18F5N. The van der Waals surface area contributed by atoms with Crippen LogP contribution in [-0.4, -0.2) is 6.54 Å². The van der Waals surface area contributed by atoms with Gasteiger partial charge in [-0.3, -0.25) is 0 Å². The first-order valence-electron chi connectivity index (χ1n) is 6.61. The molecule has 6 heteroatoms. The van der Waals surface area contributed by atoms with Crippen LogP contribution in [0.3, 0.4) is 0 Å². The smallest absolute Gasteiger partial charge is 0.200 e. The van der Waals surface area contributed by atoms with Crippen LogP contribution in [0.4, 0.5) is 22.0 Å². The standard InChI is InChI=1S/C14H18F5N/c1-4-6-20-14(7(3)5-2)8-9(15)11(17)13(19)12(18)10(8)16/h7,14,20H,4-6H2,1-3H3. The highest BCUT2D eigenvalue weighted by molar-refractivity contribution is 5.27. The van der Waals surface area contributed by atoms with Crippen LogP contribution in [0, 0.1) is 35.0 Å². The zero-order valence-electron chi connectivity index (χ0n) is 11.7. The van der Waals surface area contributed by atoms with E-state index in [1.807, 2.05) is 6.92 Å². The van der Waals surface area contributed by atoms with E-state index >= 15 is 0 Å². The van der Waals surface area contributed by atoms with Gasteiger partial charge in [0.25, 0.3) is 0 Å². The minimum Gasteiger partial charge on any atom is -0.310 e. The number of hydrogen-bond acceptors (Lipinski definition) is 1. The second-order valence-electron chi connectivity index (χ2n) is 4.80. The van der Waals surface area contributed by atoms with Gasteiger partial charge in [0.15, 0.2) is 23.3 Å². The van der Waals surface area contributed by atoms with Gasteiger partial charge in [0.2, 0.25) is 5.82 Å². The normalized spacial score (nSPS) is 14.4. The minimum absolute atomic E-state index is 0.269. The maximum atomic E-state index is 13.8. The van der Waals surface area contributed by atoms with Crippen LogP contribution >= 0.6 is 0 Å². The molecule has 0 aliphatic rings. The van der Waals surface area contributed by atoms with E-state index in [4.69, 9.17) is 0 Å². The Labute approximate surface area is 115 Å². The van der Waals surface area contributed by atoms with Crippen molar-refractivity contribution in [3.8, 4) is 0 Å². The average molecular weight is 295 g/mol. The highest BCUT2D eigenvalue weighted by atomic mass is 19.2. The highest BCUT2D eigenvalue weighted by Crippen LogP contribution is 2.32. The van der Waals surface area contributed by atoms with Crippen LogP contribution in [0.1, 0.15) is 45.2 Å². The van der Waals surface area contributed by atoms with Crippen LogP contribution in [-0.2, 0) is 0 Å². The Bertz CT molecular complexity index is 446. The number of nitrogens with one attached hydrogen (secondary N) is 1. The van der Waals surface area contributed by atoms with Gasteiger partial charge in [0.05, 0.1) is 0 Å². The summed E-state index contributed by atoms with van der Waals surface area (Å²) in [5.41, 5.74) is -0.774. The summed E-state index contributed by atoms with van der Waals surface area (Å²) in [5.74, 6) is -9.70. The zero-order chi connectivity index (χ0) is 15.4. The summed E-state index contributed by atoms with van der Waals surface area (Å²) in [6.45, 7) is 5.76. The lowest BCUT2D eigenvalue weighted by molar-refractivity contribution is 0.319. The van der Waals surface area contributed by atoms with Gasteiger partial charge in [-0.05, 0) is 18.9 Å². The molecule has 20 heavy (non-hydrogen) atoms. The first-order valence-corrected chi connectivity index (χ1v) is 6.61. The van der Waals surface area contributed by atoms with Crippen LogP contribution in [0.25, 0.3) is 0 Å². The molecule has 0 bridgehead atoms. The molecule has 2 atom stereocenters. The fourth-order valence-electron chi connectivity index (χ4n) is 2.02. The summed E-state index contributed by atoms with van der Waals surface area (Å²) in [7, 11) is 0. The van der Waals surface area contributed by atoms with E-state index in [1.165, 1.54) is 0 Å². The van der Waals surface area contributed by atoms with Gasteiger partial charge in [-0.25, -0.2) is 22.0 Å². The van der Waals surface area contributed by atoms with Crippen LogP contribution < -0.4 is 5.32 Å². The van der Waals surface area contributed by atoms with Gasteiger partial charge in [-0.15, -0.1) is 0 Å². The lowest BCUT2D eigenvalue weighted by Crippen LogP contribution is -2.30. The van der Waals surface area contributed by atoms with E-state index in [1.54, 1.807) is 13.8 Å². The largest absolute Gasteiger partial charge is 0.310 e. The summed E-state index contributed by atoms with van der Waals surface area (Å²) in [6, 6.07) is -0.912. The summed E-state index contributed by atoms with van der Waals surface area (Å²) in [6.07, 6.45) is 1.23. The predicted octanol–water partition coefficient (Wildman–Crippen LogP) is 4.47. The Morgan fingerprint density at radius 2 is 1.30 bits per heavy atom. The molecule has 114 valence electrons. The van der Waals surface area contributed by atoms with Crippen molar-refractivity contribution in [3.63, 3.8) is 0 Å². The summed E-state index contributed by atoms with van der Waals surface area (Å²) >= 11 is 0. The van der Waals surface area contributed by atoms with Crippen molar-refractivity contribution in [2.45, 2.75) is 39.7 Å². The molecule has 0 radical (unpaired) electrons. The van der Waals surface area contributed by atoms with Gasteiger partial charge < -0.3 is 5.32 Å². The Morgan fingerprint density at radius 3 is 1.70 bits per heavy atom. The first-order chi connectivity index (χ1) is 9.36. The van der Waals surface area contributed by atoms with Crippen molar-refractivity contribution in [3.05, 3.63) is 34.6 Å². The molecule has 0 fully saturated rings. The molecule has 0 amide bonds. The predicted molar refractivity (Wildman–Crippen MR) is 66.7 cm³/mol. The third-order valence-corrected chi connectivity index (χ3v) is 3.38. The van der Waals surface area contributed by atoms with Gasteiger partial charge in [0.1, 0.15) is 0 Å². The molecule has 0 aromatic heterocycles. The van der Waals surface area contributed by atoms with E-state index in [2.05, 4.69) is 5.32 Å². The lowest BCUT2D eigenvalue weighted by atomic mass is 9.91. The Kier molecular flexibility index (Phi) is 5.92. The zero-order valence-corrected chi connectivity index (χ0v) is 11.7. The molecule has 1 aromatic rings. The van der Waals surface area contributed by atoms with E-state index in [-0.39, 0.29) is 5.92 Å². The molecule has 2 unspecified atom stereocenters. The monoisotopic (exact) mass is 295 g/mol. The molecule has 1 nitrogen and oxygen atoms in total. The first kappa shape index (κ1) is 16.9. The number of rotatable bonds is 6. The van der Waals surface area contributed by atoms with Gasteiger partial charge >= 0.3 is 0 Å². The second-order valence-corrected chi connectivity index (χ2v) is 4.80. The van der Waals surface area contributed by atoms with Crippen molar-refractivity contribution in [1.29, 1.82) is 0 Å². The fourth-order valence-corrected chi connectivity index (χ4v) is 2.02. The van der Waals surface area contributed by atoms with Crippen molar-refractivity contribution < 1.29 is 22.0 Å². The molecule has 1 N–H and O–H groups in total. The molecule has 0 aliphatic heterocycles. The lowest BCUT2D eigenvalue weighted by Gasteiger charge is -2.26. The second kappa shape index (κ2) is 7.02. The molecule has 1 aromatic carbocycles. The summed E-state index contributed by atoms with van der Waals surface area (Å²) in [5, 5.41) is 2.86. The third-order valence-electron chi connectivity index (χ3n) is 3.38. The van der Waals surface area contributed by atoms with Crippen molar-refractivity contribution in [2.24, 2.45) is 5.92 Å². The molecular weight excluding hydrogens is 277 g/mol. The maximum absolute atomic E-state index is 13.8. The van der Waals surface area contributed by atoms with Crippen molar-refractivity contribution in [1.82, 2.24) is 5.32 Å². The Balaban J connectivity index is 3.39. The van der Waals surface area contributed by atoms with E-state index < -0.39 is 40.7 Å².